The second-order valence-corrected chi connectivity index (χ2v) is 10.7. The minimum absolute atomic E-state index is 0.166. The smallest absolute Gasteiger partial charge is 0.409 e. The van der Waals surface area contributed by atoms with Gasteiger partial charge in [0.05, 0.1) is 17.1 Å². The van der Waals surface area contributed by atoms with Gasteiger partial charge >= 0.3 is 6.09 Å². The largest absolute Gasteiger partial charge is 0.450 e. The molecular formula is C26H33N5O4S2. The number of piperazine rings is 1. The van der Waals surface area contributed by atoms with Gasteiger partial charge in [0.15, 0.2) is 0 Å². The van der Waals surface area contributed by atoms with Crippen LogP contribution >= 0.6 is 24.0 Å². The SMILES string of the molecule is CCCCCCCN1C(=O)/C(=C\c2c(N3CCN(C(=O)OCC)CC3)nc3ccccn3c2=O)SC1=S. The first kappa shape index (κ1) is 27.1. The number of fused-ring (bicyclic) bond motifs is 1. The Bertz CT molecular complexity index is 1250. The highest BCUT2D eigenvalue weighted by Crippen LogP contribution is 2.34. The molecule has 0 atom stereocenters. The van der Waals surface area contributed by atoms with E-state index in [1.807, 2.05) is 11.0 Å². The summed E-state index contributed by atoms with van der Waals surface area (Å²) in [7, 11) is 0. The fourth-order valence-electron chi connectivity index (χ4n) is 4.47. The lowest BCUT2D eigenvalue weighted by Gasteiger charge is -2.35. The molecule has 0 spiro atoms. The number of unbranched alkanes of at least 4 members (excludes halogenated alkanes) is 4. The van der Waals surface area contributed by atoms with Crippen molar-refractivity contribution >= 4 is 57.8 Å². The topological polar surface area (TPSA) is 87.5 Å². The van der Waals surface area contributed by atoms with E-state index < -0.39 is 0 Å². The van der Waals surface area contributed by atoms with Crippen LogP contribution in [-0.4, -0.2) is 74.8 Å². The fourth-order valence-corrected chi connectivity index (χ4v) is 5.76. The van der Waals surface area contributed by atoms with Crippen molar-refractivity contribution < 1.29 is 14.3 Å². The van der Waals surface area contributed by atoms with E-state index in [0.717, 1.165) is 19.3 Å². The molecule has 2 aliphatic rings. The van der Waals surface area contributed by atoms with Crippen molar-refractivity contribution in [3.05, 3.63) is 45.2 Å². The second kappa shape index (κ2) is 12.6. The van der Waals surface area contributed by atoms with Crippen LogP contribution in [0.4, 0.5) is 10.6 Å². The first-order valence-electron chi connectivity index (χ1n) is 12.9. The molecule has 2 aliphatic heterocycles. The average Bonchev–Trinajstić information content (AvgIpc) is 3.17. The van der Waals surface area contributed by atoms with Crippen molar-refractivity contribution in [1.82, 2.24) is 19.2 Å². The van der Waals surface area contributed by atoms with Crippen LogP contribution in [0.15, 0.2) is 34.1 Å². The van der Waals surface area contributed by atoms with Gasteiger partial charge in [0.1, 0.15) is 15.8 Å². The molecule has 198 valence electrons. The maximum Gasteiger partial charge on any atom is 0.409 e. The number of thiocarbonyl (C=S) groups is 1. The summed E-state index contributed by atoms with van der Waals surface area (Å²) in [5.41, 5.74) is 0.613. The number of pyridine rings is 1. The van der Waals surface area contributed by atoms with Crippen molar-refractivity contribution in [1.29, 1.82) is 0 Å². The molecule has 2 aromatic heterocycles. The van der Waals surface area contributed by atoms with Gasteiger partial charge in [0, 0.05) is 38.9 Å². The van der Waals surface area contributed by atoms with Gasteiger partial charge in [0.2, 0.25) is 0 Å². The van der Waals surface area contributed by atoms with E-state index in [-0.39, 0.29) is 17.6 Å². The highest BCUT2D eigenvalue weighted by Gasteiger charge is 2.33. The van der Waals surface area contributed by atoms with Gasteiger partial charge in [-0.05, 0) is 31.6 Å². The number of nitrogens with zero attached hydrogens (tertiary/aromatic N) is 5. The summed E-state index contributed by atoms with van der Waals surface area (Å²) in [5, 5.41) is 0. The monoisotopic (exact) mass is 543 g/mol. The lowest BCUT2D eigenvalue weighted by Crippen LogP contribution is -2.49. The summed E-state index contributed by atoms with van der Waals surface area (Å²) >= 11 is 6.74. The molecule has 0 bridgehead atoms. The standard InChI is InChI=1S/C26H33N5O4S2/c1-3-5-6-7-9-13-31-24(33)20(37-26(31)36)18-19-22(27-21-11-8-10-12-30(21)23(19)32)28-14-16-29(17-15-28)25(34)35-4-2/h8,10-12,18H,3-7,9,13-17H2,1-2H3/b20-18+. The molecule has 9 nitrogen and oxygen atoms in total. The number of rotatable bonds is 9. The van der Waals surface area contributed by atoms with Crippen LogP contribution in [0.5, 0.6) is 0 Å². The van der Waals surface area contributed by atoms with Crippen LogP contribution < -0.4 is 10.5 Å². The number of thioether (sulfide) groups is 1. The molecule has 2 aromatic rings. The van der Waals surface area contributed by atoms with E-state index >= 15 is 0 Å². The van der Waals surface area contributed by atoms with E-state index in [1.54, 1.807) is 41.1 Å². The molecule has 2 saturated heterocycles. The number of carbonyl (C=O) groups is 2. The summed E-state index contributed by atoms with van der Waals surface area (Å²) in [5.74, 6) is 0.339. The highest BCUT2D eigenvalue weighted by atomic mass is 32.2. The molecule has 37 heavy (non-hydrogen) atoms. The first-order chi connectivity index (χ1) is 17.9. The molecule has 4 rings (SSSR count). The quantitative estimate of drug-likeness (QED) is 0.265. The minimum Gasteiger partial charge on any atom is -0.450 e. The molecular weight excluding hydrogens is 510 g/mol. The molecule has 0 aliphatic carbocycles. The van der Waals surface area contributed by atoms with Gasteiger partial charge in [-0.2, -0.15) is 0 Å². The molecule has 2 amide bonds. The van der Waals surface area contributed by atoms with E-state index in [4.69, 9.17) is 21.9 Å². The third kappa shape index (κ3) is 6.15. The molecule has 11 heteroatoms. The molecule has 0 aromatic carbocycles. The van der Waals surface area contributed by atoms with Crippen molar-refractivity contribution in [2.45, 2.75) is 46.0 Å². The van der Waals surface area contributed by atoms with E-state index in [9.17, 15) is 14.4 Å². The number of amides is 2. The summed E-state index contributed by atoms with van der Waals surface area (Å²) in [6, 6.07) is 5.38. The normalized spacial score (nSPS) is 17.4. The lowest BCUT2D eigenvalue weighted by atomic mass is 10.1. The van der Waals surface area contributed by atoms with E-state index in [1.165, 1.54) is 29.0 Å². The number of hydrogen-bond acceptors (Lipinski definition) is 8. The number of carbonyl (C=O) groups excluding carboxylic acids is 2. The van der Waals surface area contributed by atoms with Gasteiger partial charge in [-0.25, -0.2) is 9.78 Å². The van der Waals surface area contributed by atoms with Crippen molar-refractivity contribution in [2.24, 2.45) is 0 Å². The maximum absolute atomic E-state index is 13.6. The van der Waals surface area contributed by atoms with Crippen molar-refractivity contribution in [2.75, 3.05) is 44.2 Å². The Hall–Kier alpha value is -2.92. The number of hydrogen-bond donors (Lipinski definition) is 0. The van der Waals surface area contributed by atoms with Crippen LogP contribution in [0.3, 0.4) is 0 Å². The molecule has 0 unspecified atom stereocenters. The number of anilines is 1. The predicted octanol–water partition coefficient (Wildman–Crippen LogP) is 4.14. The summed E-state index contributed by atoms with van der Waals surface area (Å²) in [4.78, 5) is 49.5. The Morgan fingerprint density at radius 2 is 1.86 bits per heavy atom. The van der Waals surface area contributed by atoms with Crippen LogP contribution in [-0.2, 0) is 9.53 Å². The molecule has 0 radical (unpaired) electrons. The van der Waals surface area contributed by atoms with Gasteiger partial charge in [-0.1, -0.05) is 62.7 Å². The summed E-state index contributed by atoms with van der Waals surface area (Å²) < 4.78 is 7.13. The Kier molecular flexibility index (Phi) is 9.20. The van der Waals surface area contributed by atoms with Crippen LogP contribution in [0, 0.1) is 0 Å². The van der Waals surface area contributed by atoms with Gasteiger partial charge in [-0.3, -0.25) is 18.9 Å². The van der Waals surface area contributed by atoms with Gasteiger partial charge < -0.3 is 14.5 Å². The number of aromatic nitrogens is 2. The molecule has 0 N–H and O–H groups in total. The predicted molar refractivity (Wildman–Crippen MR) is 151 cm³/mol. The van der Waals surface area contributed by atoms with Crippen LogP contribution in [0.1, 0.15) is 51.5 Å². The fraction of sp³-hybridized carbons (Fsp3) is 0.500. The third-order valence-electron chi connectivity index (χ3n) is 6.49. The Labute approximate surface area is 226 Å². The third-order valence-corrected chi connectivity index (χ3v) is 7.87. The van der Waals surface area contributed by atoms with Gasteiger partial charge in [0.25, 0.3) is 11.5 Å². The zero-order chi connectivity index (χ0) is 26.4. The molecule has 2 fully saturated rings. The molecule has 0 saturated carbocycles. The number of ether oxygens (including phenoxy) is 1. The lowest BCUT2D eigenvalue weighted by molar-refractivity contribution is -0.122. The zero-order valence-electron chi connectivity index (χ0n) is 21.4. The highest BCUT2D eigenvalue weighted by molar-refractivity contribution is 8.26. The van der Waals surface area contributed by atoms with E-state index in [0.29, 0.717) is 65.6 Å². The second-order valence-electron chi connectivity index (χ2n) is 9.00. The summed E-state index contributed by atoms with van der Waals surface area (Å²) in [6.07, 6.45) is 8.43. The zero-order valence-corrected chi connectivity index (χ0v) is 23.0. The van der Waals surface area contributed by atoms with Crippen LogP contribution in [0.25, 0.3) is 11.7 Å². The summed E-state index contributed by atoms with van der Waals surface area (Å²) in [6.45, 7) is 6.75. The minimum atomic E-state index is -0.340. The average molecular weight is 544 g/mol. The van der Waals surface area contributed by atoms with Gasteiger partial charge in [-0.15, -0.1) is 0 Å². The van der Waals surface area contributed by atoms with Crippen LogP contribution in [0.2, 0.25) is 0 Å². The maximum atomic E-state index is 13.6. The van der Waals surface area contributed by atoms with Crippen molar-refractivity contribution in [3.8, 4) is 0 Å². The Morgan fingerprint density at radius 3 is 2.59 bits per heavy atom. The van der Waals surface area contributed by atoms with Crippen molar-refractivity contribution in [3.63, 3.8) is 0 Å². The Morgan fingerprint density at radius 1 is 1.11 bits per heavy atom. The first-order valence-corrected chi connectivity index (χ1v) is 14.1. The molecule has 4 heterocycles. The Balaban J connectivity index is 1.61. The van der Waals surface area contributed by atoms with E-state index in [2.05, 4.69) is 6.92 Å².